The van der Waals surface area contributed by atoms with Gasteiger partial charge >= 0.3 is 84.2 Å². The number of aliphatic carboxylic acids is 1. The first-order valence-corrected chi connectivity index (χ1v) is 11.8. The zero-order valence-corrected chi connectivity index (χ0v) is 12.4. The van der Waals surface area contributed by atoms with Gasteiger partial charge in [-0.15, -0.1) is 0 Å². The molecule has 3 heteroatoms. The van der Waals surface area contributed by atoms with E-state index in [1.807, 2.05) is 18.2 Å². The summed E-state index contributed by atoms with van der Waals surface area (Å²) in [4.78, 5) is 10.2. The van der Waals surface area contributed by atoms with Gasteiger partial charge in [0.2, 0.25) is 0 Å². The normalized spacial score (nSPS) is 9.00. The van der Waals surface area contributed by atoms with Crippen LogP contribution < -0.4 is 0 Å². The first kappa shape index (κ1) is 9.71. The Hall–Kier alpha value is -0.375. The van der Waals surface area contributed by atoms with Gasteiger partial charge in [0.1, 0.15) is 0 Å². The second-order valence-corrected chi connectivity index (χ2v) is 9.37. The number of carboxylic acid groups (broad SMARTS) is 1. The molecule has 12 heavy (non-hydrogen) atoms. The maximum absolute atomic E-state index is 10.2. The van der Waals surface area contributed by atoms with E-state index < -0.39 is 30.5 Å². The summed E-state index contributed by atoms with van der Waals surface area (Å²) in [7, 11) is 0. The van der Waals surface area contributed by atoms with Gasteiger partial charge in [0.05, 0.1) is 0 Å². The van der Waals surface area contributed by atoms with Gasteiger partial charge in [-0.3, -0.25) is 0 Å². The summed E-state index contributed by atoms with van der Waals surface area (Å²) < 4.78 is 1.56. The number of benzene rings is 1. The fraction of sp³-hybridized carbons (Fsp3) is 0.222. The Morgan fingerprint density at radius 2 is 2.00 bits per heavy atom. The van der Waals surface area contributed by atoms with Crippen molar-refractivity contribution in [1.82, 2.24) is 0 Å². The van der Waals surface area contributed by atoms with E-state index in [2.05, 4.69) is 12.1 Å². The molecule has 0 atom stereocenters. The van der Waals surface area contributed by atoms with Crippen molar-refractivity contribution >= 4 is 5.97 Å². The van der Waals surface area contributed by atoms with Crippen LogP contribution in [-0.4, -0.2) is 11.1 Å². The van der Waals surface area contributed by atoms with E-state index in [0.717, 1.165) is 3.93 Å². The van der Waals surface area contributed by atoms with Crippen LogP contribution in [-0.2, 0) is 33.3 Å². The maximum atomic E-state index is 10.2. The number of rotatable bonds is 4. The third-order valence-corrected chi connectivity index (χ3v) is 8.36. The van der Waals surface area contributed by atoms with Crippen LogP contribution in [0.25, 0.3) is 0 Å². The molecular weight excluding hydrogens is 341 g/mol. The zero-order valence-electron chi connectivity index (χ0n) is 6.86. The average Bonchev–Trinajstić information content (AvgIpc) is 2.05. The predicted octanol–water partition coefficient (Wildman–Crippen LogP) is 1.77. The first-order valence-electron chi connectivity index (χ1n) is 4.05. The van der Waals surface area contributed by atoms with Crippen molar-refractivity contribution in [3.63, 3.8) is 0 Å². The van der Waals surface area contributed by atoms with Crippen LogP contribution >= 0.6 is 0 Å². The number of carboxylic acids is 1. The molecule has 1 rings (SSSR count). The molecule has 60 valence electrons. The molecule has 0 fully saturated rings. The molecule has 0 saturated heterocycles. The summed E-state index contributed by atoms with van der Waals surface area (Å²) in [6, 6.07) is 10.1. The molecule has 0 unspecified atom stereocenters. The fourth-order valence-electron chi connectivity index (χ4n) is 1.09. The summed E-state index contributed by atoms with van der Waals surface area (Å²) in [6.45, 7) is 0. The molecule has 0 radical (unpaired) electrons. The molecular formula is C9H10HgO2. The van der Waals surface area contributed by atoms with Crippen molar-refractivity contribution in [3.8, 4) is 0 Å². The van der Waals surface area contributed by atoms with Crippen molar-refractivity contribution in [3.05, 3.63) is 35.9 Å². The van der Waals surface area contributed by atoms with E-state index in [4.69, 9.17) is 5.11 Å². The molecule has 1 aromatic carbocycles. The first-order chi connectivity index (χ1) is 5.79. The van der Waals surface area contributed by atoms with E-state index in [-0.39, 0.29) is 0 Å². The Morgan fingerprint density at radius 1 is 1.33 bits per heavy atom. The molecule has 0 aromatic heterocycles. The van der Waals surface area contributed by atoms with Crippen LogP contribution in [0.5, 0.6) is 0 Å². The van der Waals surface area contributed by atoms with Gasteiger partial charge in [-0.2, -0.15) is 0 Å². The van der Waals surface area contributed by atoms with Gasteiger partial charge in [0, 0.05) is 0 Å². The topological polar surface area (TPSA) is 37.3 Å². The van der Waals surface area contributed by atoms with Gasteiger partial charge in [0.25, 0.3) is 0 Å². The second kappa shape index (κ2) is 5.30. The van der Waals surface area contributed by atoms with E-state index in [9.17, 15) is 4.79 Å². The Labute approximate surface area is 84.0 Å². The van der Waals surface area contributed by atoms with Crippen LogP contribution in [0.4, 0.5) is 0 Å². The minimum absolute atomic E-state index is 0.481. The van der Waals surface area contributed by atoms with Crippen LogP contribution in [0, 0.1) is 0 Å². The van der Waals surface area contributed by atoms with Gasteiger partial charge < -0.3 is 0 Å². The molecule has 2 nitrogen and oxygen atoms in total. The standard InChI is InChI=1S/C7H7.C2H3O2.Hg/c1-7-5-3-2-4-6-7;1-2(3)4;/h2-6H,1H2;1H2,(H,3,4);. The zero-order chi connectivity index (χ0) is 8.81. The molecule has 1 N–H and O–H groups in total. The van der Waals surface area contributed by atoms with Crippen LogP contribution in [0.3, 0.4) is 0 Å². The Morgan fingerprint density at radius 3 is 2.58 bits per heavy atom. The quantitative estimate of drug-likeness (QED) is 0.840. The van der Waals surface area contributed by atoms with E-state index in [0.29, 0.717) is 3.93 Å². The summed E-state index contributed by atoms with van der Waals surface area (Å²) in [5.74, 6) is -0.618. The summed E-state index contributed by atoms with van der Waals surface area (Å²) >= 11 is -1.13. The molecule has 0 aliphatic carbocycles. The summed E-state index contributed by atoms with van der Waals surface area (Å²) in [5.41, 5.74) is 1.31. The number of hydrogen-bond acceptors (Lipinski definition) is 1. The average molecular weight is 351 g/mol. The fourth-order valence-corrected chi connectivity index (χ4v) is 5.83. The minimum atomic E-state index is -1.13. The summed E-state index contributed by atoms with van der Waals surface area (Å²) in [5, 5.41) is 8.45. The molecule has 0 aliphatic rings. The van der Waals surface area contributed by atoms with E-state index in [1.165, 1.54) is 5.56 Å². The Kier molecular flexibility index (Phi) is 4.29. The second-order valence-electron chi connectivity index (χ2n) is 2.73. The van der Waals surface area contributed by atoms with Gasteiger partial charge in [-0.25, -0.2) is 0 Å². The molecule has 0 bridgehead atoms. The predicted molar refractivity (Wildman–Crippen MR) is 42.6 cm³/mol. The monoisotopic (exact) mass is 352 g/mol. The Bertz CT molecular complexity index is 246. The van der Waals surface area contributed by atoms with E-state index >= 15 is 0 Å². The molecule has 0 heterocycles. The van der Waals surface area contributed by atoms with Crippen molar-refractivity contribution in [2.75, 3.05) is 0 Å². The van der Waals surface area contributed by atoms with Crippen LogP contribution in [0.15, 0.2) is 30.3 Å². The van der Waals surface area contributed by atoms with Crippen molar-refractivity contribution < 1.29 is 34.5 Å². The van der Waals surface area contributed by atoms with Gasteiger partial charge in [-0.1, -0.05) is 0 Å². The number of carbonyl (C=O) groups is 1. The SMILES string of the molecule is O=C(O)[CH2][Hg][CH2]c1ccccc1. The van der Waals surface area contributed by atoms with Crippen LogP contribution in [0.2, 0.25) is 3.93 Å². The molecule has 0 aliphatic heterocycles. The van der Waals surface area contributed by atoms with Crippen LogP contribution in [0.1, 0.15) is 5.56 Å². The van der Waals surface area contributed by atoms with Gasteiger partial charge in [0.15, 0.2) is 0 Å². The summed E-state index contributed by atoms with van der Waals surface area (Å²) in [6.07, 6.45) is 0. The van der Waals surface area contributed by atoms with Gasteiger partial charge in [-0.05, 0) is 0 Å². The van der Waals surface area contributed by atoms with Crippen molar-refractivity contribution in [1.29, 1.82) is 0 Å². The molecule has 1 aromatic rings. The third kappa shape index (κ3) is 3.86. The molecule has 0 spiro atoms. The van der Waals surface area contributed by atoms with Crippen molar-refractivity contribution in [2.24, 2.45) is 0 Å². The molecule has 0 saturated carbocycles. The number of hydrogen-bond donors (Lipinski definition) is 1. The van der Waals surface area contributed by atoms with Crippen molar-refractivity contribution in [2.45, 2.75) is 7.86 Å². The Balaban J connectivity index is 2.29. The van der Waals surface area contributed by atoms with E-state index in [1.54, 1.807) is 0 Å². The molecule has 0 amide bonds. The third-order valence-electron chi connectivity index (χ3n) is 1.70.